The summed E-state index contributed by atoms with van der Waals surface area (Å²) >= 11 is 0. The van der Waals surface area contributed by atoms with Gasteiger partial charge in [-0.1, -0.05) is 55.5 Å². The molecule has 122 valence electrons. The maximum Gasteiger partial charge on any atom is 0.243 e. The topological polar surface area (TPSA) is 8.81 Å². The summed E-state index contributed by atoms with van der Waals surface area (Å²) in [5, 5.41) is 0. The van der Waals surface area contributed by atoms with Crippen LogP contribution in [0.3, 0.4) is 0 Å². The minimum Gasteiger partial charge on any atom is -0.240 e. The van der Waals surface area contributed by atoms with Gasteiger partial charge in [-0.05, 0) is 41.5 Å². The van der Waals surface area contributed by atoms with Crippen molar-refractivity contribution < 1.29 is 4.57 Å². The van der Waals surface area contributed by atoms with Gasteiger partial charge in [-0.3, -0.25) is 0 Å². The lowest BCUT2D eigenvalue weighted by molar-refractivity contribution is -0.671. The number of benzene rings is 2. The third-order valence-corrected chi connectivity index (χ3v) is 5.50. The number of nitrogens with zero attached hydrogens (tertiary/aromatic N) is 2. The van der Waals surface area contributed by atoms with Crippen molar-refractivity contribution in [1.29, 1.82) is 0 Å². The molecule has 0 aliphatic heterocycles. The predicted octanol–water partition coefficient (Wildman–Crippen LogP) is 4.47. The number of unbranched alkanes of at least 4 members (excludes halogenated alkanes) is 1. The average Bonchev–Trinajstić information content (AvgIpc) is 3.13. The van der Waals surface area contributed by atoms with Gasteiger partial charge in [-0.2, -0.15) is 0 Å². The Morgan fingerprint density at radius 3 is 2.12 bits per heavy atom. The minimum absolute atomic E-state index is 0.147. The van der Waals surface area contributed by atoms with Crippen LogP contribution in [0, 0.1) is 0 Å². The summed E-state index contributed by atoms with van der Waals surface area (Å²) in [6, 6.07) is 17.9. The van der Waals surface area contributed by atoms with E-state index in [1.165, 1.54) is 41.5 Å². The molecule has 2 aromatic carbocycles. The van der Waals surface area contributed by atoms with E-state index in [4.69, 9.17) is 0 Å². The molecular weight excluding hydrogens is 292 g/mol. The highest BCUT2D eigenvalue weighted by Gasteiger charge is 2.38. The van der Waals surface area contributed by atoms with E-state index in [0.717, 1.165) is 6.54 Å². The molecular formula is C22H25N2+. The molecule has 4 rings (SSSR count). The number of hydrogen-bond donors (Lipinski definition) is 0. The molecule has 0 saturated carbocycles. The number of rotatable bonds is 5. The highest BCUT2D eigenvalue weighted by atomic mass is 15.1. The Morgan fingerprint density at radius 1 is 0.917 bits per heavy atom. The maximum absolute atomic E-state index is 2.42. The molecule has 0 fully saturated rings. The second-order valence-electron chi connectivity index (χ2n) is 7.20. The molecule has 0 unspecified atom stereocenters. The third-order valence-electron chi connectivity index (χ3n) is 5.50. The van der Waals surface area contributed by atoms with Crippen LogP contribution < -0.4 is 4.57 Å². The summed E-state index contributed by atoms with van der Waals surface area (Å²) in [6.07, 6.45) is 10.1. The fourth-order valence-electron chi connectivity index (χ4n) is 4.22. The first-order chi connectivity index (χ1) is 11.7. The predicted molar refractivity (Wildman–Crippen MR) is 97.8 cm³/mol. The molecule has 3 aromatic rings. The molecule has 0 saturated heterocycles. The molecule has 0 radical (unpaired) electrons. The first kappa shape index (κ1) is 15.2. The van der Waals surface area contributed by atoms with Gasteiger partial charge in [0.1, 0.15) is 12.4 Å². The van der Waals surface area contributed by atoms with Crippen LogP contribution in [-0.2, 0) is 19.0 Å². The van der Waals surface area contributed by atoms with Gasteiger partial charge in [0.15, 0.2) is 0 Å². The summed E-state index contributed by atoms with van der Waals surface area (Å²) in [7, 11) is 2.07. The van der Waals surface area contributed by atoms with Gasteiger partial charge in [0.25, 0.3) is 0 Å². The number of fused-ring (bicyclic) bond motifs is 3. The zero-order chi connectivity index (χ0) is 16.6. The van der Waals surface area contributed by atoms with Gasteiger partial charge in [0, 0.05) is 5.41 Å². The van der Waals surface area contributed by atoms with Gasteiger partial charge >= 0.3 is 0 Å². The fraction of sp³-hybridized carbons (Fsp3) is 0.318. The summed E-state index contributed by atoms with van der Waals surface area (Å²) in [5.74, 6) is 0. The summed E-state index contributed by atoms with van der Waals surface area (Å²) in [6.45, 7) is 3.52. The van der Waals surface area contributed by atoms with Gasteiger partial charge in [-0.15, -0.1) is 0 Å². The van der Waals surface area contributed by atoms with Crippen molar-refractivity contribution in [2.24, 2.45) is 7.05 Å². The molecule has 2 nitrogen and oxygen atoms in total. The molecule has 2 heteroatoms. The number of aromatic nitrogens is 2. The number of imidazole rings is 1. The molecule has 1 heterocycles. The normalized spacial score (nSPS) is 14.4. The van der Waals surface area contributed by atoms with E-state index >= 15 is 0 Å². The van der Waals surface area contributed by atoms with Gasteiger partial charge in [0.2, 0.25) is 6.33 Å². The zero-order valence-corrected chi connectivity index (χ0v) is 14.6. The Morgan fingerprint density at radius 2 is 1.54 bits per heavy atom. The lowest BCUT2D eigenvalue weighted by Gasteiger charge is -2.27. The smallest absolute Gasteiger partial charge is 0.240 e. The van der Waals surface area contributed by atoms with Crippen LogP contribution in [0.25, 0.3) is 11.1 Å². The molecule has 0 spiro atoms. The first-order valence-corrected chi connectivity index (χ1v) is 8.89. The van der Waals surface area contributed by atoms with Crippen LogP contribution >= 0.6 is 0 Å². The van der Waals surface area contributed by atoms with Crippen LogP contribution in [0.5, 0.6) is 0 Å². The zero-order valence-electron chi connectivity index (χ0n) is 14.6. The molecule has 1 aromatic heterocycles. The van der Waals surface area contributed by atoms with E-state index in [-0.39, 0.29) is 5.41 Å². The second kappa shape index (κ2) is 5.94. The lowest BCUT2D eigenvalue weighted by atomic mass is 9.76. The quantitative estimate of drug-likeness (QED) is 0.485. The van der Waals surface area contributed by atoms with Crippen molar-refractivity contribution in [3.05, 3.63) is 78.4 Å². The highest BCUT2D eigenvalue weighted by molar-refractivity contribution is 5.80. The summed E-state index contributed by atoms with van der Waals surface area (Å²) in [5.41, 5.74) is 5.99. The van der Waals surface area contributed by atoms with E-state index in [1.54, 1.807) is 0 Å². The Hall–Kier alpha value is -2.35. The number of aryl methyl sites for hydroxylation is 2. The second-order valence-corrected chi connectivity index (χ2v) is 7.20. The Balaban J connectivity index is 1.53. The molecule has 0 bridgehead atoms. The van der Waals surface area contributed by atoms with Crippen molar-refractivity contribution in [3.8, 4) is 11.1 Å². The van der Waals surface area contributed by atoms with Crippen molar-refractivity contribution in [3.63, 3.8) is 0 Å². The maximum atomic E-state index is 2.42. The van der Waals surface area contributed by atoms with E-state index < -0.39 is 0 Å². The van der Waals surface area contributed by atoms with Crippen LogP contribution in [0.15, 0.2) is 67.3 Å². The summed E-state index contributed by atoms with van der Waals surface area (Å²) in [4.78, 5) is 0. The summed E-state index contributed by atoms with van der Waals surface area (Å²) < 4.78 is 4.38. The monoisotopic (exact) mass is 317 g/mol. The van der Waals surface area contributed by atoms with E-state index in [9.17, 15) is 0 Å². The van der Waals surface area contributed by atoms with E-state index in [1.807, 2.05) is 0 Å². The van der Waals surface area contributed by atoms with Crippen molar-refractivity contribution >= 4 is 0 Å². The standard InChI is InChI=1S/C22H25N2/c1-22(13-7-8-14-24-16-15-23(2)17-24)20-11-5-3-9-18(20)19-10-4-6-12-21(19)22/h3-6,9-12,15-17H,7-8,13-14H2,1-2H3/q+1. The van der Waals surface area contributed by atoms with Crippen LogP contribution in [0.1, 0.15) is 37.3 Å². The average molecular weight is 317 g/mol. The van der Waals surface area contributed by atoms with Crippen LogP contribution in [0.4, 0.5) is 0 Å². The molecule has 0 amide bonds. The molecule has 24 heavy (non-hydrogen) atoms. The largest absolute Gasteiger partial charge is 0.243 e. The highest BCUT2D eigenvalue weighted by Crippen LogP contribution is 2.50. The Bertz CT molecular complexity index is 814. The lowest BCUT2D eigenvalue weighted by Crippen LogP contribution is -2.23. The van der Waals surface area contributed by atoms with Crippen molar-refractivity contribution in [2.45, 2.75) is 38.1 Å². The van der Waals surface area contributed by atoms with Crippen molar-refractivity contribution in [1.82, 2.24) is 4.57 Å². The van der Waals surface area contributed by atoms with Crippen molar-refractivity contribution in [2.75, 3.05) is 0 Å². The molecule has 1 aliphatic carbocycles. The first-order valence-electron chi connectivity index (χ1n) is 8.89. The molecule has 1 aliphatic rings. The molecule has 0 N–H and O–H groups in total. The van der Waals surface area contributed by atoms with Gasteiger partial charge in [0.05, 0.1) is 13.6 Å². The molecule has 0 atom stereocenters. The SMILES string of the molecule is C[n+]1ccn(CCCCC2(C)c3ccccc3-c3ccccc32)c1. The van der Waals surface area contributed by atoms with Crippen LogP contribution in [0.2, 0.25) is 0 Å². The van der Waals surface area contributed by atoms with Crippen LogP contribution in [-0.4, -0.2) is 4.57 Å². The number of hydrogen-bond acceptors (Lipinski definition) is 0. The van der Waals surface area contributed by atoms with Gasteiger partial charge < -0.3 is 0 Å². The third kappa shape index (κ3) is 2.47. The van der Waals surface area contributed by atoms with E-state index in [0.29, 0.717) is 0 Å². The Labute approximate surface area is 144 Å². The van der Waals surface area contributed by atoms with E-state index in [2.05, 4.69) is 90.4 Å². The fourth-order valence-corrected chi connectivity index (χ4v) is 4.22. The van der Waals surface area contributed by atoms with Gasteiger partial charge in [-0.25, -0.2) is 9.13 Å². The Kier molecular flexibility index (Phi) is 3.76. The minimum atomic E-state index is 0.147.